The summed E-state index contributed by atoms with van der Waals surface area (Å²) in [4.78, 5) is 38.0. The van der Waals surface area contributed by atoms with E-state index < -0.39 is 48.6 Å². The normalized spacial score (nSPS) is 14.0. The van der Waals surface area contributed by atoms with Crippen LogP contribution in [0.3, 0.4) is 0 Å². The Bertz CT molecular complexity index is 1040. The summed E-state index contributed by atoms with van der Waals surface area (Å²) in [6.45, 7) is -2.71. The molecule has 0 bridgehead atoms. The van der Waals surface area contributed by atoms with Crippen molar-refractivity contribution in [3.63, 3.8) is 0 Å². The molecule has 35 heavy (non-hydrogen) atoms. The Balaban J connectivity index is 1.34. The van der Waals surface area contributed by atoms with Crippen LogP contribution in [-0.4, -0.2) is 55.5 Å². The lowest BCUT2D eigenvalue weighted by molar-refractivity contribution is -0.153. The van der Waals surface area contributed by atoms with E-state index in [0.29, 0.717) is 25.3 Å². The molecule has 1 aliphatic heterocycles. The van der Waals surface area contributed by atoms with Gasteiger partial charge in [-0.15, -0.1) is 0 Å². The van der Waals surface area contributed by atoms with E-state index in [1.807, 2.05) is 0 Å². The van der Waals surface area contributed by atoms with Gasteiger partial charge in [0.2, 0.25) is 0 Å². The maximum Gasteiger partial charge on any atom is 0.387 e. The van der Waals surface area contributed by atoms with Crippen molar-refractivity contribution in [3.8, 4) is 5.75 Å². The molecule has 1 saturated heterocycles. The minimum absolute atomic E-state index is 0.0394. The molecule has 188 valence electrons. The maximum atomic E-state index is 13.8. The van der Waals surface area contributed by atoms with Crippen molar-refractivity contribution in [3.05, 3.63) is 65.2 Å². The van der Waals surface area contributed by atoms with Gasteiger partial charge in [0.1, 0.15) is 17.4 Å². The van der Waals surface area contributed by atoms with Crippen LogP contribution in [-0.2, 0) is 20.7 Å². The third-order valence-electron chi connectivity index (χ3n) is 5.51. The molecule has 1 aliphatic rings. The Hall–Kier alpha value is -3.63. The van der Waals surface area contributed by atoms with E-state index in [0.717, 1.165) is 17.7 Å². The van der Waals surface area contributed by atoms with Gasteiger partial charge in [0.25, 0.3) is 11.8 Å². The van der Waals surface area contributed by atoms with Crippen molar-refractivity contribution in [1.29, 1.82) is 0 Å². The predicted octanol–water partition coefficient (Wildman–Crippen LogP) is 3.32. The number of carbonyl (C=O) groups is 3. The molecule has 7 nitrogen and oxygen atoms in total. The number of nitrogens with zero attached hydrogens (tertiary/aromatic N) is 1. The minimum Gasteiger partial charge on any atom is -0.455 e. The molecule has 0 radical (unpaired) electrons. The Morgan fingerprint density at radius 2 is 1.71 bits per heavy atom. The van der Waals surface area contributed by atoms with Crippen molar-refractivity contribution in [2.75, 3.05) is 26.2 Å². The molecular weight excluding hydrogens is 472 g/mol. The van der Waals surface area contributed by atoms with E-state index >= 15 is 0 Å². The van der Waals surface area contributed by atoms with E-state index in [1.165, 1.54) is 17.0 Å². The first kappa shape index (κ1) is 26.0. The fourth-order valence-electron chi connectivity index (χ4n) is 3.64. The Morgan fingerprint density at radius 3 is 2.34 bits per heavy atom. The SMILES string of the molecule is O=C(COC(=O)C1CCN(C(=O)c2ccc(F)cc2F)CC1)NCCc1ccc(OC(F)F)cc1. The van der Waals surface area contributed by atoms with Gasteiger partial charge in [-0.2, -0.15) is 8.78 Å². The zero-order valence-electron chi connectivity index (χ0n) is 18.6. The number of likely N-dealkylation sites (tertiary alicyclic amines) is 1. The molecule has 1 N–H and O–H groups in total. The summed E-state index contributed by atoms with van der Waals surface area (Å²) in [6, 6.07) is 8.75. The first-order valence-electron chi connectivity index (χ1n) is 10.9. The second kappa shape index (κ2) is 12.2. The van der Waals surface area contributed by atoms with Gasteiger partial charge in [0, 0.05) is 25.7 Å². The molecule has 0 atom stereocenters. The summed E-state index contributed by atoms with van der Waals surface area (Å²) >= 11 is 0. The average Bonchev–Trinajstić information content (AvgIpc) is 2.83. The molecule has 11 heteroatoms. The average molecular weight is 496 g/mol. The van der Waals surface area contributed by atoms with Crippen LogP contribution in [0.2, 0.25) is 0 Å². The number of halogens is 4. The largest absolute Gasteiger partial charge is 0.455 e. The molecule has 2 amide bonds. The van der Waals surface area contributed by atoms with Gasteiger partial charge in [-0.05, 0) is 49.1 Å². The summed E-state index contributed by atoms with van der Waals surface area (Å²) in [5.74, 6) is -3.81. The third-order valence-corrected chi connectivity index (χ3v) is 5.51. The van der Waals surface area contributed by atoms with E-state index in [1.54, 1.807) is 12.1 Å². The van der Waals surface area contributed by atoms with Gasteiger partial charge in [-0.25, -0.2) is 8.78 Å². The molecule has 0 spiro atoms. The number of ether oxygens (including phenoxy) is 2. The summed E-state index contributed by atoms with van der Waals surface area (Å²) in [7, 11) is 0. The number of benzene rings is 2. The van der Waals surface area contributed by atoms with Crippen molar-refractivity contribution in [2.45, 2.75) is 25.9 Å². The molecule has 2 aromatic rings. The number of nitrogens with one attached hydrogen (secondary N) is 1. The smallest absolute Gasteiger partial charge is 0.387 e. The van der Waals surface area contributed by atoms with Gasteiger partial charge in [-0.3, -0.25) is 14.4 Å². The molecular formula is C24H24F4N2O5. The van der Waals surface area contributed by atoms with Gasteiger partial charge < -0.3 is 19.7 Å². The van der Waals surface area contributed by atoms with Crippen LogP contribution in [0.1, 0.15) is 28.8 Å². The summed E-state index contributed by atoms with van der Waals surface area (Å²) in [5.41, 5.74) is 0.562. The number of rotatable bonds is 9. The number of hydrogen-bond acceptors (Lipinski definition) is 5. The summed E-state index contributed by atoms with van der Waals surface area (Å²) in [5, 5.41) is 2.60. The van der Waals surface area contributed by atoms with E-state index in [9.17, 15) is 31.9 Å². The lowest BCUT2D eigenvalue weighted by Crippen LogP contribution is -2.41. The molecule has 1 fully saturated rings. The fourth-order valence-corrected chi connectivity index (χ4v) is 3.64. The topological polar surface area (TPSA) is 84.9 Å². The van der Waals surface area contributed by atoms with Crippen LogP contribution in [0.5, 0.6) is 5.75 Å². The van der Waals surface area contributed by atoms with Gasteiger partial charge in [0.05, 0.1) is 11.5 Å². The number of hydrogen-bond donors (Lipinski definition) is 1. The molecule has 0 saturated carbocycles. The second-order valence-corrected chi connectivity index (χ2v) is 7.92. The Labute approximate surface area is 199 Å². The molecule has 0 unspecified atom stereocenters. The van der Waals surface area contributed by atoms with E-state index in [-0.39, 0.29) is 30.9 Å². The van der Waals surface area contributed by atoms with Crippen LogP contribution in [0.15, 0.2) is 42.5 Å². The van der Waals surface area contributed by atoms with Crippen molar-refractivity contribution in [2.24, 2.45) is 5.92 Å². The highest BCUT2D eigenvalue weighted by Gasteiger charge is 2.30. The number of esters is 1. The monoisotopic (exact) mass is 496 g/mol. The van der Waals surface area contributed by atoms with E-state index in [4.69, 9.17) is 4.74 Å². The number of piperidine rings is 1. The van der Waals surface area contributed by atoms with Crippen LogP contribution in [0.4, 0.5) is 17.6 Å². The van der Waals surface area contributed by atoms with Gasteiger partial charge >= 0.3 is 12.6 Å². The molecule has 1 heterocycles. The summed E-state index contributed by atoms with van der Waals surface area (Å²) in [6.07, 6.45) is 1.02. The predicted molar refractivity (Wildman–Crippen MR) is 116 cm³/mol. The quantitative estimate of drug-likeness (QED) is 0.425. The molecule has 2 aromatic carbocycles. The van der Waals surface area contributed by atoms with Crippen molar-refractivity contribution >= 4 is 17.8 Å². The first-order valence-corrected chi connectivity index (χ1v) is 10.9. The minimum atomic E-state index is -2.90. The van der Waals surface area contributed by atoms with Crippen molar-refractivity contribution in [1.82, 2.24) is 10.2 Å². The third kappa shape index (κ3) is 7.69. The first-order chi connectivity index (χ1) is 16.7. The number of amides is 2. The second-order valence-electron chi connectivity index (χ2n) is 7.92. The van der Waals surface area contributed by atoms with Gasteiger partial charge in [0.15, 0.2) is 6.61 Å². The zero-order chi connectivity index (χ0) is 25.4. The Kier molecular flexibility index (Phi) is 9.04. The van der Waals surface area contributed by atoms with Gasteiger partial charge in [-0.1, -0.05) is 12.1 Å². The standard InChI is InChI=1S/C24H24F4N2O5/c25-17-3-6-19(20(26)13-17)22(32)30-11-8-16(9-12-30)23(33)34-14-21(31)29-10-7-15-1-4-18(5-2-15)35-24(27)28/h1-6,13,16,24H,7-12,14H2,(H,29,31). The fraction of sp³-hybridized carbons (Fsp3) is 0.375. The molecule has 0 aromatic heterocycles. The number of alkyl halides is 2. The number of carbonyl (C=O) groups excluding carboxylic acids is 3. The molecule has 3 rings (SSSR count). The van der Waals surface area contributed by atoms with Crippen LogP contribution in [0, 0.1) is 17.6 Å². The molecule has 0 aliphatic carbocycles. The lowest BCUT2D eigenvalue weighted by atomic mass is 9.96. The van der Waals surface area contributed by atoms with Crippen molar-refractivity contribution < 1.29 is 41.4 Å². The zero-order valence-corrected chi connectivity index (χ0v) is 18.6. The highest BCUT2D eigenvalue weighted by molar-refractivity contribution is 5.94. The van der Waals surface area contributed by atoms with Crippen LogP contribution >= 0.6 is 0 Å². The Morgan fingerprint density at radius 1 is 1.03 bits per heavy atom. The highest BCUT2D eigenvalue weighted by atomic mass is 19.3. The lowest BCUT2D eigenvalue weighted by Gasteiger charge is -2.31. The van der Waals surface area contributed by atoms with E-state index in [2.05, 4.69) is 10.1 Å². The van der Waals surface area contributed by atoms with Crippen LogP contribution < -0.4 is 10.1 Å². The highest BCUT2D eigenvalue weighted by Crippen LogP contribution is 2.21. The van der Waals surface area contributed by atoms with Crippen LogP contribution in [0.25, 0.3) is 0 Å². The maximum absolute atomic E-state index is 13.8. The summed E-state index contributed by atoms with van der Waals surface area (Å²) < 4.78 is 60.5.